The van der Waals surface area contributed by atoms with Crippen LogP contribution in [0.25, 0.3) is 10.7 Å². The van der Waals surface area contributed by atoms with Crippen LogP contribution in [0.1, 0.15) is 57.0 Å². The Morgan fingerprint density at radius 2 is 2.10 bits per heavy atom. The Hall–Kier alpha value is -0.780. The van der Waals surface area contributed by atoms with Gasteiger partial charge >= 0.3 is 0 Å². The van der Waals surface area contributed by atoms with E-state index in [-0.39, 0.29) is 5.41 Å². The molecule has 1 atom stereocenters. The van der Waals surface area contributed by atoms with Gasteiger partial charge in [-0.05, 0) is 19.9 Å². The molecule has 20 heavy (non-hydrogen) atoms. The van der Waals surface area contributed by atoms with E-state index in [1.54, 1.807) is 22.7 Å². The highest BCUT2D eigenvalue weighted by Gasteiger charge is 2.19. The highest BCUT2D eigenvalue weighted by Crippen LogP contribution is 2.33. The van der Waals surface area contributed by atoms with Gasteiger partial charge in [-0.3, -0.25) is 0 Å². The summed E-state index contributed by atoms with van der Waals surface area (Å²) in [6.07, 6.45) is 3.13. The van der Waals surface area contributed by atoms with E-state index in [1.807, 2.05) is 6.20 Å². The molecule has 3 nitrogen and oxygen atoms in total. The van der Waals surface area contributed by atoms with E-state index in [0.29, 0.717) is 6.04 Å². The Kier molecular flexibility index (Phi) is 4.94. The van der Waals surface area contributed by atoms with Gasteiger partial charge in [0.25, 0.3) is 0 Å². The Bertz CT molecular complexity index is 551. The van der Waals surface area contributed by atoms with Gasteiger partial charge in [-0.15, -0.1) is 22.7 Å². The van der Waals surface area contributed by atoms with Crippen LogP contribution in [0, 0.1) is 0 Å². The molecule has 0 amide bonds. The van der Waals surface area contributed by atoms with Crippen LogP contribution < -0.4 is 5.32 Å². The first-order valence-corrected chi connectivity index (χ1v) is 8.77. The van der Waals surface area contributed by atoms with Gasteiger partial charge in [0.15, 0.2) is 0 Å². The summed E-state index contributed by atoms with van der Waals surface area (Å²) >= 11 is 3.46. The van der Waals surface area contributed by atoms with Crippen LogP contribution in [-0.2, 0) is 5.41 Å². The van der Waals surface area contributed by atoms with Gasteiger partial charge in [-0.2, -0.15) is 0 Å². The standard InChI is InChI=1S/C15H23N3S2/c1-6-7-16-10(2)12-8-17-13(20-12)11-9-19-14(18-11)15(3,4)5/h8-10,16H,6-7H2,1-5H3. The summed E-state index contributed by atoms with van der Waals surface area (Å²) < 4.78 is 0. The van der Waals surface area contributed by atoms with Crippen molar-refractivity contribution in [2.24, 2.45) is 0 Å². The van der Waals surface area contributed by atoms with E-state index in [2.05, 4.69) is 50.3 Å². The summed E-state index contributed by atoms with van der Waals surface area (Å²) in [7, 11) is 0. The molecule has 110 valence electrons. The molecule has 1 unspecified atom stereocenters. The molecule has 5 heteroatoms. The Labute approximate surface area is 129 Å². The number of hydrogen-bond donors (Lipinski definition) is 1. The topological polar surface area (TPSA) is 37.8 Å². The van der Waals surface area contributed by atoms with Crippen molar-refractivity contribution in [3.05, 3.63) is 21.5 Å². The Morgan fingerprint density at radius 3 is 2.70 bits per heavy atom. The third-order valence-corrected chi connectivity index (χ3v) is 5.49. The van der Waals surface area contributed by atoms with Crippen molar-refractivity contribution in [3.63, 3.8) is 0 Å². The lowest BCUT2D eigenvalue weighted by Gasteiger charge is -2.13. The quantitative estimate of drug-likeness (QED) is 0.875. The van der Waals surface area contributed by atoms with Crippen LogP contribution in [0.3, 0.4) is 0 Å². The SMILES string of the molecule is CCCNC(C)c1cnc(-c2csc(C(C)(C)C)n2)s1. The second-order valence-electron chi connectivity index (χ2n) is 6.03. The van der Waals surface area contributed by atoms with Gasteiger partial charge in [0.1, 0.15) is 10.7 Å². The van der Waals surface area contributed by atoms with E-state index >= 15 is 0 Å². The highest BCUT2D eigenvalue weighted by atomic mass is 32.1. The maximum Gasteiger partial charge on any atom is 0.142 e. The largest absolute Gasteiger partial charge is 0.309 e. The molecule has 0 bridgehead atoms. The fourth-order valence-electron chi connectivity index (χ4n) is 1.78. The third kappa shape index (κ3) is 3.65. The number of rotatable bonds is 5. The van der Waals surface area contributed by atoms with Gasteiger partial charge in [0, 0.05) is 27.9 Å². The molecule has 0 radical (unpaired) electrons. The summed E-state index contributed by atoms with van der Waals surface area (Å²) in [5, 5.41) is 7.81. The number of nitrogens with zero attached hydrogens (tertiary/aromatic N) is 2. The first-order valence-electron chi connectivity index (χ1n) is 7.07. The zero-order valence-corrected chi connectivity index (χ0v) is 14.5. The Balaban J connectivity index is 2.14. The summed E-state index contributed by atoms with van der Waals surface area (Å²) in [5.74, 6) is 0. The molecule has 2 heterocycles. The first kappa shape index (κ1) is 15.6. The molecule has 0 saturated carbocycles. The van der Waals surface area contributed by atoms with Crippen LogP contribution in [-0.4, -0.2) is 16.5 Å². The second kappa shape index (κ2) is 6.33. The monoisotopic (exact) mass is 309 g/mol. The molecule has 0 aliphatic rings. The minimum atomic E-state index is 0.110. The van der Waals surface area contributed by atoms with Crippen molar-refractivity contribution >= 4 is 22.7 Å². The van der Waals surface area contributed by atoms with Crippen LogP contribution in [0.2, 0.25) is 0 Å². The summed E-state index contributed by atoms with van der Waals surface area (Å²) in [5.41, 5.74) is 1.12. The van der Waals surface area contributed by atoms with Gasteiger partial charge in [-0.25, -0.2) is 9.97 Å². The van der Waals surface area contributed by atoms with Crippen LogP contribution in [0.15, 0.2) is 11.6 Å². The van der Waals surface area contributed by atoms with Gasteiger partial charge < -0.3 is 5.32 Å². The van der Waals surface area contributed by atoms with Crippen LogP contribution >= 0.6 is 22.7 Å². The molecule has 2 aromatic rings. The predicted molar refractivity (Wildman–Crippen MR) is 88.6 cm³/mol. The minimum absolute atomic E-state index is 0.110. The van der Waals surface area contributed by atoms with Gasteiger partial charge in [0.05, 0.1) is 5.01 Å². The molecular formula is C15H23N3S2. The summed E-state index contributed by atoms with van der Waals surface area (Å²) in [6, 6.07) is 0.363. The fourth-order valence-corrected chi connectivity index (χ4v) is 3.65. The molecule has 2 aromatic heterocycles. The maximum atomic E-state index is 4.73. The minimum Gasteiger partial charge on any atom is -0.309 e. The van der Waals surface area contributed by atoms with E-state index < -0.39 is 0 Å². The normalized spacial score (nSPS) is 13.7. The molecular weight excluding hydrogens is 286 g/mol. The number of nitrogens with one attached hydrogen (secondary N) is 1. The third-order valence-electron chi connectivity index (χ3n) is 3.02. The van der Waals surface area contributed by atoms with E-state index in [4.69, 9.17) is 4.98 Å². The van der Waals surface area contributed by atoms with Crippen molar-refractivity contribution in [2.75, 3.05) is 6.54 Å². The number of hydrogen-bond acceptors (Lipinski definition) is 5. The van der Waals surface area contributed by atoms with Gasteiger partial charge in [-0.1, -0.05) is 27.7 Å². The summed E-state index contributed by atoms with van der Waals surface area (Å²) in [4.78, 5) is 10.5. The van der Waals surface area contributed by atoms with Crippen LogP contribution in [0.4, 0.5) is 0 Å². The maximum absolute atomic E-state index is 4.73. The molecule has 1 N–H and O–H groups in total. The van der Waals surface area contributed by atoms with Crippen LogP contribution in [0.5, 0.6) is 0 Å². The van der Waals surface area contributed by atoms with E-state index in [9.17, 15) is 0 Å². The van der Waals surface area contributed by atoms with E-state index in [1.165, 1.54) is 9.88 Å². The lowest BCUT2D eigenvalue weighted by molar-refractivity contribution is 0.577. The average molecular weight is 310 g/mol. The van der Waals surface area contributed by atoms with Crippen molar-refractivity contribution in [1.29, 1.82) is 0 Å². The van der Waals surface area contributed by atoms with E-state index in [0.717, 1.165) is 23.7 Å². The molecule has 0 aromatic carbocycles. The summed E-state index contributed by atoms with van der Waals surface area (Å²) in [6.45, 7) is 12.0. The average Bonchev–Trinajstić information content (AvgIpc) is 3.02. The van der Waals surface area contributed by atoms with Crippen molar-refractivity contribution < 1.29 is 0 Å². The highest BCUT2D eigenvalue weighted by molar-refractivity contribution is 7.15. The number of thiazole rings is 2. The fraction of sp³-hybridized carbons (Fsp3) is 0.600. The molecule has 0 aliphatic heterocycles. The zero-order chi connectivity index (χ0) is 14.8. The molecule has 0 saturated heterocycles. The van der Waals surface area contributed by atoms with Crippen molar-refractivity contribution in [2.45, 2.75) is 52.5 Å². The Morgan fingerprint density at radius 1 is 1.35 bits per heavy atom. The van der Waals surface area contributed by atoms with Crippen molar-refractivity contribution in [1.82, 2.24) is 15.3 Å². The zero-order valence-electron chi connectivity index (χ0n) is 12.9. The lowest BCUT2D eigenvalue weighted by Crippen LogP contribution is -2.18. The lowest BCUT2D eigenvalue weighted by atomic mass is 9.98. The van der Waals surface area contributed by atoms with Gasteiger partial charge in [0.2, 0.25) is 0 Å². The predicted octanol–water partition coefficient (Wildman–Crippen LogP) is 4.62. The molecule has 2 rings (SSSR count). The molecule has 0 spiro atoms. The molecule has 0 fully saturated rings. The first-order chi connectivity index (χ1) is 9.41. The number of aromatic nitrogens is 2. The second-order valence-corrected chi connectivity index (χ2v) is 7.95. The van der Waals surface area contributed by atoms with Crippen molar-refractivity contribution in [3.8, 4) is 10.7 Å². The molecule has 0 aliphatic carbocycles. The smallest absolute Gasteiger partial charge is 0.142 e.